The zero-order valence-electron chi connectivity index (χ0n) is 10.8. The third-order valence-electron chi connectivity index (χ3n) is 2.34. The van der Waals surface area contributed by atoms with Crippen molar-refractivity contribution in [1.29, 1.82) is 0 Å². The number of hydrogen-bond donors (Lipinski definition) is 1. The van der Waals surface area contributed by atoms with Gasteiger partial charge in [-0.3, -0.25) is 0 Å². The first-order valence-corrected chi connectivity index (χ1v) is 5.87. The Hall–Kier alpha value is -1.43. The van der Waals surface area contributed by atoms with Gasteiger partial charge in [0.15, 0.2) is 0 Å². The van der Waals surface area contributed by atoms with Crippen LogP contribution in [-0.4, -0.2) is 42.3 Å². The van der Waals surface area contributed by atoms with Gasteiger partial charge in [-0.1, -0.05) is 6.92 Å². The number of rotatable bonds is 7. The van der Waals surface area contributed by atoms with Gasteiger partial charge in [-0.15, -0.1) is 0 Å². The van der Waals surface area contributed by atoms with Crippen molar-refractivity contribution in [2.45, 2.75) is 26.2 Å². The number of nitrogen functional groups attached to an aromatic ring is 1. The molecule has 0 saturated heterocycles. The summed E-state index contributed by atoms with van der Waals surface area (Å²) in [6, 6.07) is 0. The van der Waals surface area contributed by atoms with Crippen LogP contribution >= 0.6 is 0 Å². The molecule has 6 nitrogen and oxygen atoms in total. The normalized spacial score (nSPS) is 10.5. The summed E-state index contributed by atoms with van der Waals surface area (Å²) in [4.78, 5) is 14.6. The maximum Gasteiger partial charge on any atom is 0.230 e. The van der Waals surface area contributed by atoms with Crippen molar-refractivity contribution in [3.05, 3.63) is 5.82 Å². The minimum Gasteiger partial charge on any atom is -0.385 e. The molecule has 1 rings (SSSR count). The van der Waals surface area contributed by atoms with Crippen LogP contribution < -0.4 is 10.6 Å². The Morgan fingerprint density at radius 3 is 2.71 bits per heavy atom. The van der Waals surface area contributed by atoms with Gasteiger partial charge in [0, 0.05) is 33.7 Å². The molecule has 96 valence electrons. The summed E-state index contributed by atoms with van der Waals surface area (Å²) in [6.07, 6.45) is 2.75. The molecular formula is C11H21N5O. The topological polar surface area (TPSA) is 77.2 Å². The lowest BCUT2D eigenvalue weighted by Crippen LogP contribution is -2.23. The molecule has 0 bridgehead atoms. The molecule has 0 spiro atoms. The van der Waals surface area contributed by atoms with Crippen molar-refractivity contribution >= 4 is 11.9 Å². The molecule has 1 heterocycles. The highest BCUT2D eigenvalue weighted by Crippen LogP contribution is 2.09. The lowest BCUT2D eigenvalue weighted by atomic mass is 10.3. The number of ether oxygens (including phenoxy) is 1. The maximum absolute atomic E-state index is 5.67. The highest BCUT2D eigenvalue weighted by molar-refractivity contribution is 5.33. The van der Waals surface area contributed by atoms with Gasteiger partial charge in [0.05, 0.1) is 0 Å². The highest BCUT2D eigenvalue weighted by atomic mass is 16.5. The second-order valence-electron chi connectivity index (χ2n) is 3.93. The van der Waals surface area contributed by atoms with Crippen molar-refractivity contribution in [2.75, 3.05) is 37.9 Å². The van der Waals surface area contributed by atoms with E-state index >= 15 is 0 Å². The van der Waals surface area contributed by atoms with Gasteiger partial charge < -0.3 is 15.4 Å². The monoisotopic (exact) mass is 239 g/mol. The van der Waals surface area contributed by atoms with Gasteiger partial charge in [-0.25, -0.2) is 0 Å². The van der Waals surface area contributed by atoms with E-state index in [9.17, 15) is 0 Å². The SMILES string of the molecule is CCCc1nc(N)nc(N(C)CCCOC)n1. The fourth-order valence-electron chi connectivity index (χ4n) is 1.48. The van der Waals surface area contributed by atoms with Gasteiger partial charge in [0.1, 0.15) is 5.82 Å². The molecule has 17 heavy (non-hydrogen) atoms. The van der Waals surface area contributed by atoms with Crippen LogP contribution in [0, 0.1) is 0 Å². The number of aryl methyl sites for hydroxylation is 1. The van der Waals surface area contributed by atoms with Crippen molar-refractivity contribution in [2.24, 2.45) is 0 Å². The Balaban J connectivity index is 2.67. The molecule has 0 aliphatic rings. The van der Waals surface area contributed by atoms with E-state index in [0.717, 1.165) is 38.2 Å². The second kappa shape index (κ2) is 7.01. The van der Waals surface area contributed by atoms with E-state index < -0.39 is 0 Å². The fourth-order valence-corrected chi connectivity index (χ4v) is 1.48. The van der Waals surface area contributed by atoms with E-state index in [-0.39, 0.29) is 5.95 Å². The third kappa shape index (κ3) is 4.52. The minimum absolute atomic E-state index is 0.289. The molecule has 0 atom stereocenters. The standard InChI is InChI=1S/C11H21N5O/c1-4-6-9-13-10(12)15-11(14-9)16(2)7-5-8-17-3/h4-8H2,1-3H3,(H2,12,13,14,15). The molecule has 0 radical (unpaired) electrons. The Kier molecular flexibility index (Phi) is 5.62. The van der Waals surface area contributed by atoms with Gasteiger partial charge in [-0.05, 0) is 12.8 Å². The summed E-state index contributed by atoms with van der Waals surface area (Å²) < 4.78 is 5.01. The van der Waals surface area contributed by atoms with Crippen LogP contribution in [0.15, 0.2) is 0 Å². The Morgan fingerprint density at radius 2 is 2.06 bits per heavy atom. The zero-order valence-corrected chi connectivity index (χ0v) is 10.8. The first-order valence-electron chi connectivity index (χ1n) is 5.87. The van der Waals surface area contributed by atoms with Crippen LogP contribution in [0.4, 0.5) is 11.9 Å². The smallest absolute Gasteiger partial charge is 0.230 e. The molecule has 6 heteroatoms. The first kappa shape index (κ1) is 13.6. The Bertz CT molecular complexity index is 345. The largest absolute Gasteiger partial charge is 0.385 e. The summed E-state index contributed by atoms with van der Waals surface area (Å²) in [5, 5.41) is 0. The summed E-state index contributed by atoms with van der Waals surface area (Å²) in [5.41, 5.74) is 5.67. The summed E-state index contributed by atoms with van der Waals surface area (Å²) in [6.45, 7) is 3.65. The van der Waals surface area contributed by atoms with Crippen molar-refractivity contribution in [1.82, 2.24) is 15.0 Å². The average Bonchev–Trinajstić information content (AvgIpc) is 2.29. The molecule has 1 aromatic heterocycles. The van der Waals surface area contributed by atoms with Gasteiger partial charge in [0.25, 0.3) is 0 Å². The van der Waals surface area contributed by atoms with E-state index in [2.05, 4.69) is 21.9 Å². The summed E-state index contributed by atoms with van der Waals surface area (Å²) >= 11 is 0. The molecule has 0 aromatic carbocycles. The predicted octanol–water partition coefficient (Wildman–Crippen LogP) is 0.879. The van der Waals surface area contributed by atoms with Gasteiger partial charge >= 0.3 is 0 Å². The summed E-state index contributed by atoms with van der Waals surface area (Å²) in [5.74, 6) is 1.68. The predicted molar refractivity (Wildman–Crippen MR) is 68.0 cm³/mol. The van der Waals surface area contributed by atoms with Crippen LogP contribution in [0.1, 0.15) is 25.6 Å². The lowest BCUT2D eigenvalue weighted by Gasteiger charge is -2.17. The average molecular weight is 239 g/mol. The molecule has 0 unspecified atom stereocenters. The fraction of sp³-hybridized carbons (Fsp3) is 0.727. The molecule has 1 aromatic rings. The Labute approximate surface area is 102 Å². The molecule has 0 aliphatic heterocycles. The first-order chi connectivity index (χ1) is 8.17. The van der Waals surface area contributed by atoms with E-state index in [0.29, 0.717) is 5.95 Å². The molecule has 0 aliphatic carbocycles. The maximum atomic E-state index is 5.67. The van der Waals surface area contributed by atoms with E-state index in [1.54, 1.807) is 7.11 Å². The van der Waals surface area contributed by atoms with Gasteiger partial charge in [0.2, 0.25) is 11.9 Å². The zero-order chi connectivity index (χ0) is 12.7. The third-order valence-corrected chi connectivity index (χ3v) is 2.34. The summed E-state index contributed by atoms with van der Waals surface area (Å²) in [7, 11) is 3.64. The number of nitrogens with zero attached hydrogens (tertiary/aromatic N) is 4. The molecule has 0 saturated carbocycles. The van der Waals surface area contributed by atoms with Crippen LogP contribution in [0.25, 0.3) is 0 Å². The molecule has 0 amide bonds. The number of aromatic nitrogens is 3. The number of hydrogen-bond acceptors (Lipinski definition) is 6. The van der Waals surface area contributed by atoms with Crippen LogP contribution in [0.5, 0.6) is 0 Å². The van der Waals surface area contributed by atoms with Crippen molar-refractivity contribution in [3.63, 3.8) is 0 Å². The van der Waals surface area contributed by atoms with Crippen molar-refractivity contribution < 1.29 is 4.74 Å². The van der Waals surface area contributed by atoms with Crippen molar-refractivity contribution in [3.8, 4) is 0 Å². The molecular weight excluding hydrogens is 218 g/mol. The van der Waals surface area contributed by atoms with Gasteiger partial charge in [-0.2, -0.15) is 15.0 Å². The number of nitrogens with two attached hydrogens (primary N) is 1. The van der Waals surface area contributed by atoms with Crippen LogP contribution in [0.3, 0.4) is 0 Å². The minimum atomic E-state index is 0.289. The Morgan fingerprint density at radius 1 is 1.29 bits per heavy atom. The second-order valence-corrected chi connectivity index (χ2v) is 3.93. The van der Waals surface area contributed by atoms with E-state index in [4.69, 9.17) is 10.5 Å². The van der Waals surface area contributed by atoms with Crippen LogP contribution in [0.2, 0.25) is 0 Å². The highest BCUT2D eigenvalue weighted by Gasteiger charge is 2.08. The molecule has 0 fully saturated rings. The quantitative estimate of drug-likeness (QED) is 0.712. The number of methoxy groups -OCH3 is 1. The van der Waals surface area contributed by atoms with E-state index in [1.807, 2.05) is 11.9 Å². The molecule has 2 N–H and O–H groups in total. The number of anilines is 2. The van der Waals surface area contributed by atoms with E-state index in [1.165, 1.54) is 0 Å². The van der Waals surface area contributed by atoms with Crippen LogP contribution in [-0.2, 0) is 11.2 Å². The lowest BCUT2D eigenvalue weighted by molar-refractivity contribution is 0.196.